The van der Waals surface area contributed by atoms with Crippen LogP contribution in [0.5, 0.6) is 0 Å². The molecule has 0 fully saturated rings. The second-order valence-electron chi connectivity index (χ2n) is 8.47. The van der Waals surface area contributed by atoms with E-state index in [4.69, 9.17) is 4.74 Å². The fraction of sp³-hybridized carbons (Fsp3) is 0.292. The number of fused-ring (bicyclic) bond motifs is 1. The molecule has 7 nitrogen and oxygen atoms in total. The largest absolute Gasteiger partial charge is 0.442 e. The van der Waals surface area contributed by atoms with E-state index in [0.29, 0.717) is 22.9 Å². The van der Waals surface area contributed by atoms with Gasteiger partial charge in [0.25, 0.3) is 0 Å². The van der Waals surface area contributed by atoms with Gasteiger partial charge in [0.1, 0.15) is 17.1 Å². The van der Waals surface area contributed by atoms with Crippen LogP contribution in [0.4, 0.5) is 29.5 Å². The number of halogens is 3. The molecule has 0 aliphatic rings. The molecule has 0 bridgehead atoms. The average Bonchev–Trinajstić information content (AvgIpc) is 2.75. The first-order valence-electron chi connectivity index (χ1n) is 10.4. The van der Waals surface area contributed by atoms with E-state index in [0.717, 1.165) is 11.6 Å². The zero-order chi connectivity index (χ0) is 24.9. The molecule has 0 unspecified atom stereocenters. The number of ether oxygens (including phenoxy) is 1. The number of anilines is 2. The molecule has 1 amide bonds. The summed E-state index contributed by atoms with van der Waals surface area (Å²) in [4.78, 5) is 31.8. The molecule has 1 heterocycles. The Kier molecular flexibility index (Phi) is 7.29. The molecule has 0 aliphatic heterocycles. The van der Waals surface area contributed by atoms with Crippen molar-refractivity contribution in [2.75, 3.05) is 5.32 Å². The van der Waals surface area contributed by atoms with Crippen molar-refractivity contribution in [3.63, 3.8) is 0 Å². The van der Waals surface area contributed by atoms with Gasteiger partial charge in [-0.05, 0) is 56.3 Å². The fourth-order valence-corrected chi connectivity index (χ4v) is 3.03. The normalized spacial score (nSPS) is 11.7. The summed E-state index contributed by atoms with van der Waals surface area (Å²) in [7, 11) is 0. The number of aryl methyl sites for hydroxylation is 1. The lowest BCUT2D eigenvalue weighted by Gasteiger charge is -2.19. The third-order valence-corrected chi connectivity index (χ3v) is 4.51. The number of nitrogens with one attached hydrogen (secondary N) is 2. The van der Waals surface area contributed by atoms with Crippen LogP contribution in [-0.2, 0) is 27.0 Å². The molecule has 3 aromatic rings. The molecule has 2 aromatic carbocycles. The quantitative estimate of drug-likeness (QED) is 0.446. The summed E-state index contributed by atoms with van der Waals surface area (Å²) < 4.78 is 44.7. The van der Waals surface area contributed by atoms with E-state index < -0.39 is 29.5 Å². The molecule has 0 atom stereocenters. The molecule has 0 spiro atoms. The van der Waals surface area contributed by atoms with Gasteiger partial charge in [0, 0.05) is 11.1 Å². The summed E-state index contributed by atoms with van der Waals surface area (Å²) in [5.41, 5.74) is 1.56. The summed E-state index contributed by atoms with van der Waals surface area (Å²) in [6, 6.07) is 14.5. The molecule has 3 rings (SSSR count). The first-order chi connectivity index (χ1) is 15.9. The number of rotatable bonds is 5. The number of carbonyl (C=O) groups excluding carboxylic acids is 2. The van der Waals surface area contributed by atoms with Gasteiger partial charge in [-0.25, -0.2) is 14.6 Å². The highest BCUT2D eigenvalue weighted by Gasteiger charge is 2.33. The van der Waals surface area contributed by atoms with Crippen LogP contribution in [0.1, 0.15) is 38.4 Å². The second kappa shape index (κ2) is 9.98. The number of benzene rings is 2. The van der Waals surface area contributed by atoms with Crippen LogP contribution < -0.4 is 10.8 Å². The standard InChI is InChI=1S/C24H24F3N3O4/c1-23(2,3)33-22(32)30-34-20(31)13-10-15-8-11-17(12-9-15)28-21-18-7-5-4-6-16(18)14-19(29-21)24(25,26)27/h4-9,11-12,14H,10,13H2,1-3H3,(H,28,29)(H,30,32). The number of hydrogen-bond donors (Lipinski definition) is 2. The number of alkyl halides is 3. The molecular weight excluding hydrogens is 451 g/mol. The Morgan fingerprint density at radius 3 is 2.32 bits per heavy atom. The molecule has 0 saturated heterocycles. The van der Waals surface area contributed by atoms with Gasteiger partial charge in [0.15, 0.2) is 0 Å². The van der Waals surface area contributed by atoms with Crippen LogP contribution in [-0.4, -0.2) is 22.6 Å². The Morgan fingerprint density at radius 2 is 1.68 bits per heavy atom. The molecule has 0 saturated carbocycles. The Morgan fingerprint density at radius 1 is 1.00 bits per heavy atom. The molecule has 10 heteroatoms. The predicted octanol–water partition coefficient (Wildman–Crippen LogP) is 5.91. The third-order valence-electron chi connectivity index (χ3n) is 4.51. The Bertz CT molecular complexity index is 1170. The number of carbonyl (C=O) groups is 2. The van der Waals surface area contributed by atoms with Crippen molar-refractivity contribution in [2.24, 2.45) is 0 Å². The fourth-order valence-electron chi connectivity index (χ4n) is 3.03. The first kappa shape index (κ1) is 24.8. The van der Waals surface area contributed by atoms with Crippen LogP contribution in [0.15, 0.2) is 54.6 Å². The molecule has 1 aromatic heterocycles. The van der Waals surface area contributed by atoms with Crippen molar-refractivity contribution < 1.29 is 32.3 Å². The maximum Gasteiger partial charge on any atom is 0.441 e. The topological polar surface area (TPSA) is 89.5 Å². The maximum absolute atomic E-state index is 13.3. The first-order valence-corrected chi connectivity index (χ1v) is 10.4. The van der Waals surface area contributed by atoms with Crippen molar-refractivity contribution in [3.05, 3.63) is 65.9 Å². The van der Waals surface area contributed by atoms with Crippen LogP contribution in [0, 0.1) is 0 Å². The molecular formula is C24H24F3N3O4. The summed E-state index contributed by atoms with van der Waals surface area (Å²) in [5.74, 6) is -0.553. The Balaban J connectivity index is 1.61. The molecule has 2 N–H and O–H groups in total. The minimum atomic E-state index is -4.57. The minimum absolute atomic E-state index is 0.00238. The van der Waals surface area contributed by atoms with Crippen molar-refractivity contribution in [1.82, 2.24) is 10.5 Å². The molecule has 180 valence electrons. The SMILES string of the molecule is CC(C)(C)OC(=O)NOC(=O)CCc1ccc(Nc2nc(C(F)(F)F)cc3ccccc23)cc1. The lowest BCUT2D eigenvalue weighted by Crippen LogP contribution is -2.34. The van der Waals surface area contributed by atoms with E-state index in [1.54, 1.807) is 69.3 Å². The van der Waals surface area contributed by atoms with Gasteiger partial charge in [0.2, 0.25) is 0 Å². The van der Waals surface area contributed by atoms with Crippen molar-refractivity contribution in [1.29, 1.82) is 0 Å². The number of hydrogen-bond acceptors (Lipinski definition) is 6. The van der Waals surface area contributed by atoms with E-state index in [9.17, 15) is 22.8 Å². The molecule has 0 radical (unpaired) electrons. The van der Waals surface area contributed by atoms with Gasteiger partial charge >= 0.3 is 18.2 Å². The predicted molar refractivity (Wildman–Crippen MR) is 120 cm³/mol. The number of aromatic nitrogens is 1. The van der Waals surface area contributed by atoms with E-state index in [1.807, 2.05) is 5.48 Å². The van der Waals surface area contributed by atoms with E-state index >= 15 is 0 Å². The molecule has 34 heavy (non-hydrogen) atoms. The Labute approximate surface area is 194 Å². The Hall–Kier alpha value is -3.82. The summed E-state index contributed by atoms with van der Waals surface area (Å²) in [5, 5.41) is 3.91. The van der Waals surface area contributed by atoms with Crippen LogP contribution >= 0.6 is 0 Å². The van der Waals surface area contributed by atoms with E-state index in [1.165, 1.54) is 0 Å². The number of amides is 1. The van der Waals surface area contributed by atoms with Gasteiger partial charge in [-0.15, -0.1) is 5.48 Å². The van der Waals surface area contributed by atoms with Crippen LogP contribution in [0.25, 0.3) is 10.8 Å². The van der Waals surface area contributed by atoms with E-state index in [2.05, 4.69) is 15.1 Å². The summed E-state index contributed by atoms with van der Waals surface area (Å²) >= 11 is 0. The van der Waals surface area contributed by atoms with Crippen LogP contribution in [0.3, 0.4) is 0 Å². The lowest BCUT2D eigenvalue weighted by molar-refractivity contribution is -0.150. The highest BCUT2D eigenvalue weighted by Crippen LogP contribution is 2.33. The van der Waals surface area contributed by atoms with Crippen molar-refractivity contribution >= 4 is 34.3 Å². The number of pyridine rings is 1. The third kappa shape index (κ3) is 7.09. The summed E-state index contributed by atoms with van der Waals surface area (Å²) in [6.45, 7) is 5.04. The van der Waals surface area contributed by atoms with Crippen molar-refractivity contribution in [2.45, 2.75) is 45.4 Å². The van der Waals surface area contributed by atoms with Gasteiger partial charge < -0.3 is 14.9 Å². The van der Waals surface area contributed by atoms with Crippen LogP contribution in [0.2, 0.25) is 0 Å². The zero-order valence-electron chi connectivity index (χ0n) is 18.8. The maximum atomic E-state index is 13.3. The lowest BCUT2D eigenvalue weighted by atomic mass is 10.1. The molecule has 0 aliphatic carbocycles. The smallest absolute Gasteiger partial charge is 0.441 e. The monoisotopic (exact) mass is 475 g/mol. The highest BCUT2D eigenvalue weighted by atomic mass is 19.4. The second-order valence-corrected chi connectivity index (χ2v) is 8.47. The van der Waals surface area contributed by atoms with Gasteiger partial charge in [-0.2, -0.15) is 13.2 Å². The summed E-state index contributed by atoms with van der Waals surface area (Å²) in [6.07, 6.45) is -5.11. The van der Waals surface area contributed by atoms with Gasteiger partial charge in [0.05, 0.1) is 6.42 Å². The van der Waals surface area contributed by atoms with Gasteiger partial charge in [-0.3, -0.25) is 0 Å². The van der Waals surface area contributed by atoms with Gasteiger partial charge in [-0.1, -0.05) is 36.4 Å². The van der Waals surface area contributed by atoms with E-state index in [-0.39, 0.29) is 12.2 Å². The zero-order valence-corrected chi connectivity index (χ0v) is 18.8. The average molecular weight is 475 g/mol. The minimum Gasteiger partial charge on any atom is -0.442 e. The highest BCUT2D eigenvalue weighted by molar-refractivity contribution is 5.93. The number of hydroxylamine groups is 1. The number of nitrogens with zero attached hydrogens (tertiary/aromatic N) is 1. The van der Waals surface area contributed by atoms with Crippen molar-refractivity contribution in [3.8, 4) is 0 Å².